The summed E-state index contributed by atoms with van der Waals surface area (Å²) in [5.74, 6) is 0.887. The van der Waals surface area contributed by atoms with Crippen LogP contribution in [0.1, 0.15) is 51.5 Å². The lowest BCUT2D eigenvalue weighted by molar-refractivity contribution is 0.254. The molecule has 0 aromatic carbocycles. The van der Waals surface area contributed by atoms with Crippen LogP contribution in [0.5, 0.6) is 0 Å². The second-order valence-corrected chi connectivity index (χ2v) is 7.54. The molecule has 2 fully saturated rings. The van der Waals surface area contributed by atoms with Crippen LogP contribution in [0.3, 0.4) is 0 Å². The number of hydrogen-bond donors (Lipinski definition) is 1. The third-order valence-corrected chi connectivity index (χ3v) is 5.65. The summed E-state index contributed by atoms with van der Waals surface area (Å²) in [4.78, 5) is 16.5. The zero-order chi connectivity index (χ0) is 17.2. The Kier molecular flexibility index (Phi) is 4.66. The normalized spacial score (nSPS) is 24.8. The highest BCUT2D eigenvalue weighted by atomic mass is 16.1. The van der Waals surface area contributed by atoms with Gasteiger partial charge in [0.05, 0.1) is 11.7 Å². The maximum absolute atomic E-state index is 12.3. The smallest absolute Gasteiger partial charge is 0.267 e. The molecule has 0 radical (unpaired) electrons. The number of nitrogens with one attached hydrogen (secondary N) is 1. The van der Waals surface area contributed by atoms with E-state index in [9.17, 15) is 4.79 Å². The maximum Gasteiger partial charge on any atom is 0.267 e. The van der Waals surface area contributed by atoms with Gasteiger partial charge in [-0.1, -0.05) is 0 Å². The van der Waals surface area contributed by atoms with Gasteiger partial charge < -0.3 is 5.32 Å². The zero-order valence-corrected chi connectivity index (χ0v) is 14.8. The molecule has 0 amide bonds. The first-order chi connectivity index (χ1) is 12.2. The van der Waals surface area contributed by atoms with E-state index in [4.69, 9.17) is 0 Å². The fourth-order valence-corrected chi connectivity index (χ4v) is 3.95. The first-order valence-electron chi connectivity index (χ1n) is 9.47. The van der Waals surface area contributed by atoms with Crippen molar-refractivity contribution < 1.29 is 0 Å². The summed E-state index contributed by atoms with van der Waals surface area (Å²) < 4.78 is 1.70. The first kappa shape index (κ1) is 16.5. The van der Waals surface area contributed by atoms with Crippen LogP contribution in [0.15, 0.2) is 41.5 Å². The molecule has 0 spiro atoms. The van der Waals surface area contributed by atoms with Gasteiger partial charge in [-0.15, -0.1) is 0 Å². The van der Waals surface area contributed by atoms with Gasteiger partial charge in [0, 0.05) is 36.1 Å². The van der Waals surface area contributed by atoms with E-state index in [1.807, 2.05) is 12.1 Å². The average molecular weight is 338 g/mol. The highest BCUT2D eigenvalue weighted by Gasteiger charge is 2.31. The predicted molar refractivity (Wildman–Crippen MR) is 98.3 cm³/mol. The van der Waals surface area contributed by atoms with Crippen LogP contribution in [0, 0.1) is 5.92 Å². The van der Waals surface area contributed by atoms with Crippen molar-refractivity contribution in [2.45, 2.75) is 63.6 Å². The van der Waals surface area contributed by atoms with Gasteiger partial charge >= 0.3 is 0 Å². The van der Waals surface area contributed by atoms with Crippen LogP contribution >= 0.6 is 0 Å². The quantitative estimate of drug-likeness (QED) is 0.910. The van der Waals surface area contributed by atoms with E-state index in [0.29, 0.717) is 12.1 Å². The van der Waals surface area contributed by atoms with E-state index in [0.717, 1.165) is 42.9 Å². The van der Waals surface area contributed by atoms with Crippen LogP contribution in [0.2, 0.25) is 0 Å². The summed E-state index contributed by atoms with van der Waals surface area (Å²) in [6.07, 6.45) is 10.6. The van der Waals surface area contributed by atoms with Crippen molar-refractivity contribution in [3.63, 3.8) is 0 Å². The Morgan fingerprint density at radius 3 is 2.60 bits per heavy atom. The molecular weight excluding hydrogens is 312 g/mol. The summed E-state index contributed by atoms with van der Waals surface area (Å²) >= 11 is 0. The van der Waals surface area contributed by atoms with Gasteiger partial charge in [0.1, 0.15) is 0 Å². The molecule has 1 unspecified atom stereocenters. The lowest BCUT2D eigenvalue weighted by Gasteiger charge is -2.31. The van der Waals surface area contributed by atoms with Gasteiger partial charge in [-0.2, -0.15) is 5.10 Å². The minimum Gasteiger partial charge on any atom is -0.311 e. The predicted octanol–water partition coefficient (Wildman–Crippen LogP) is 3.18. The highest BCUT2D eigenvalue weighted by molar-refractivity contribution is 5.56. The Bertz CT molecular complexity index is 761. The highest BCUT2D eigenvalue weighted by Crippen LogP contribution is 2.34. The Morgan fingerprint density at radius 1 is 1.12 bits per heavy atom. The molecule has 2 aromatic rings. The van der Waals surface area contributed by atoms with Gasteiger partial charge in [-0.25, -0.2) is 4.68 Å². The van der Waals surface area contributed by atoms with Gasteiger partial charge in [-0.3, -0.25) is 9.78 Å². The Labute approximate surface area is 148 Å². The molecule has 5 nitrogen and oxygen atoms in total. The van der Waals surface area contributed by atoms with E-state index in [1.54, 1.807) is 29.2 Å². The van der Waals surface area contributed by atoms with E-state index in [1.165, 1.54) is 12.8 Å². The molecule has 0 bridgehead atoms. The molecule has 5 heteroatoms. The van der Waals surface area contributed by atoms with Gasteiger partial charge in [0.25, 0.3) is 5.56 Å². The van der Waals surface area contributed by atoms with Crippen LogP contribution in [-0.4, -0.2) is 26.8 Å². The lowest BCUT2D eigenvalue weighted by atomic mass is 9.90. The Hall–Kier alpha value is -2.01. The molecule has 0 aliphatic heterocycles. The Morgan fingerprint density at radius 2 is 1.92 bits per heavy atom. The van der Waals surface area contributed by atoms with Crippen molar-refractivity contribution >= 4 is 0 Å². The molecule has 25 heavy (non-hydrogen) atoms. The zero-order valence-electron chi connectivity index (χ0n) is 14.8. The largest absolute Gasteiger partial charge is 0.311 e. The SMILES string of the molecule is CC(NC1CCC(n2nc(-c3cccnc3)ccc2=O)CC1)C1CC1. The fraction of sp³-hybridized carbons (Fsp3) is 0.550. The lowest BCUT2D eigenvalue weighted by Crippen LogP contribution is -2.41. The van der Waals surface area contributed by atoms with E-state index in [2.05, 4.69) is 22.3 Å². The molecule has 2 aliphatic carbocycles. The van der Waals surface area contributed by atoms with E-state index in [-0.39, 0.29) is 11.6 Å². The van der Waals surface area contributed by atoms with Crippen molar-refractivity contribution in [2.24, 2.45) is 5.92 Å². The van der Waals surface area contributed by atoms with Crippen LogP contribution in [0.25, 0.3) is 11.3 Å². The molecular formula is C20H26N4O. The van der Waals surface area contributed by atoms with E-state index < -0.39 is 0 Å². The number of nitrogens with zero attached hydrogens (tertiary/aromatic N) is 3. The fourth-order valence-electron chi connectivity index (χ4n) is 3.95. The maximum atomic E-state index is 12.3. The second-order valence-electron chi connectivity index (χ2n) is 7.54. The molecule has 2 aromatic heterocycles. The summed E-state index contributed by atoms with van der Waals surface area (Å²) in [5, 5.41) is 8.42. The van der Waals surface area contributed by atoms with Gasteiger partial charge in [-0.05, 0) is 69.6 Å². The summed E-state index contributed by atoms with van der Waals surface area (Å²) in [6.45, 7) is 2.31. The van der Waals surface area contributed by atoms with Crippen molar-refractivity contribution in [1.29, 1.82) is 0 Å². The number of hydrogen-bond acceptors (Lipinski definition) is 4. The summed E-state index contributed by atoms with van der Waals surface area (Å²) in [6, 6.07) is 8.72. The standard InChI is InChI=1S/C20H26N4O/c1-14(15-4-5-15)22-17-6-8-18(9-7-17)24-20(25)11-10-19(23-24)16-3-2-12-21-13-16/h2-3,10-15,17-18,22H,4-9H2,1H3. The molecule has 4 rings (SSSR count). The van der Waals surface area contributed by atoms with Gasteiger partial charge in [0.2, 0.25) is 0 Å². The van der Waals surface area contributed by atoms with Crippen LogP contribution in [-0.2, 0) is 0 Å². The van der Waals surface area contributed by atoms with Crippen molar-refractivity contribution in [2.75, 3.05) is 0 Å². The molecule has 132 valence electrons. The monoisotopic (exact) mass is 338 g/mol. The van der Waals surface area contributed by atoms with Crippen molar-refractivity contribution in [3.8, 4) is 11.3 Å². The summed E-state index contributed by atoms with van der Waals surface area (Å²) in [7, 11) is 0. The molecule has 1 atom stereocenters. The molecule has 1 N–H and O–H groups in total. The van der Waals surface area contributed by atoms with Crippen molar-refractivity contribution in [3.05, 3.63) is 47.0 Å². The molecule has 2 aliphatic rings. The summed E-state index contributed by atoms with van der Waals surface area (Å²) in [5.41, 5.74) is 1.76. The first-order valence-corrected chi connectivity index (χ1v) is 9.47. The topological polar surface area (TPSA) is 59.8 Å². The van der Waals surface area contributed by atoms with Gasteiger partial charge in [0.15, 0.2) is 0 Å². The Balaban J connectivity index is 1.44. The molecule has 2 heterocycles. The number of pyridine rings is 1. The van der Waals surface area contributed by atoms with Crippen LogP contribution < -0.4 is 10.9 Å². The minimum atomic E-state index is -0.00426. The van der Waals surface area contributed by atoms with Crippen molar-refractivity contribution in [1.82, 2.24) is 20.1 Å². The third-order valence-electron chi connectivity index (χ3n) is 5.65. The number of rotatable bonds is 5. The minimum absolute atomic E-state index is 0.00426. The second kappa shape index (κ2) is 7.08. The average Bonchev–Trinajstić information content (AvgIpc) is 3.49. The molecule has 0 saturated heterocycles. The molecule has 2 saturated carbocycles. The van der Waals surface area contributed by atoms with Crippen LogP contribution in [0.4, 0.5) is 0 Å². The van der Waals surface area contributed by atoms with E-state index >= 15 is 0 Å². The number of aromatic nitrogens is 3. The third kappa shape index (κ3) is 3.82.